The summed E-state index contributed by atoms with van der Waals surface area (Å²) in [5.41, 5.74) is 9.34. The number of aromatic nitrogens is 1. The quantitative estimate of drug-likeness (QED) is 0.686. The number of carbonyl (C=O) groups excluding carboxylic acids is 1. The van der Waals surface area contributed by atoms with Gasteiger partial charge in [-0.3, -0.25) is 4.79 Å². The Hall–Kier alpha value is -3.85. The molecule has 0 radical (unpaired) electrons. The molecule has 0 spiro atoms. The molecule has 0 aliphatic rings. The topological polar surface area (TPSA) is 101 Å². The first-order chi connectivity index (χ1) is 13.6. The summed E-state index contributed by atoms with van der Waals surface area (Å²) in [5, 5.41) is 11.9. The monoisotopic (exact) mass is 372 g/mol. The summed E-state index contributed by atoms with van der Waals surface area (Å²) in [6.07, 6.45) is 0.195. The third-order valence-electron chi connectivity index (χ3n) is 4.10. The van der Waals surface area contributed by atoms with Crippen molar-refractivity contribution in [1.82, 2.24) is 4.98 Å². The number of hydrogen-bond donors (Lipinski definition) is 2. The third kappa shape index (κ3) is 4.46. The van der Waals surface area contributed by atoms with Gasteiger partial charge in [0.25, 0.3) is 0 Å². The zero-order valence-corrected chi connectivity index (χ0v) is 15.5. The molecule has 0 unspecified atom stereocenters. The molecular weight excluding hydrogens is 352 g/mol. The minimum atomic E-state index is -0.230. The van der Waals surface area contributed by atoms with Crippen LogP contribution in [0.3, 0.4) is 0 Å². The van der Waals surface area contributed by atoms with Crippen LogP contribution in [0.25, 0.3) is 11.1 Å². The summed E-state index contributed by atoms with van der Waals surface area (Å²) in [4.78, 5) is 16.5. The Balaban J connectivity index is 1.70. The molecule has 0 fully saturated rings. The van der Waals surface area contributed by atoms with Crippen LogP contribution in [0.1, 0.15) is 18.1 Å². The van der Waals surface area contributed by atoms with Crippen LogP contribution in [0.5, 0.6) is 5.88 Å². The molecule has 6 heteroatoms. The molecule has 0 atom stereocenters. The molecule has 1 amide bonds. The smallest absolute Gasteiger partial charge is 0.235 e. The van der Waals surface area contributed by atoms with Gasteiger partial charge in [0.1, 0.15) is 17.5 Å². The molecule has 0 bridgehead atoms. The number of amides is 1. The first-order valence-corrected chi connectivity index (χ1v) is 8.88. The van der Waals surface area contributed by atoms with Crippen molar-refractivity contribution in [2.45, 2.75) is 13.3 Å². The second kappa shape index (κ2) is 8.69. The Morgan fingerprint density at radius 2 is 1.82 bits per heavy atom. The standard InChI is InChI=1S/C22H20N4O2/c1-2-28-22-18(14-23)19(24)13-20(26-22)25-21(27)12-15-8-10-17(11-9-15)16-6-4-3-5-7-16/h3-11,13H,2,12H2,1H3,(H3,24,25,26,27). The Labute approximate surface area is 163 Å². The van der Waals surface area contributed by atoms with Crippen molar-refractivity contribution in [2.24, 2.45) is 0 Å². The summed E-state index contributed by atoms with van der Waals surface area (Å²) in [7, 11) is 0. The fraction of sp³-hybridized carbons (Fsp3) is 0.136. The largest absolute Gasteiger partial charge is 0.477 e. The van der Waals surface area contributed by atoms with Gasteiger partial charge in [-0.15, -0.1) is 0 Å². The van der Waals surface area contributed by atoms with Crippen molar-refractivity contribution in [3.05, 3.63) is 71.8 Å². The number of nitriles is 1. The van der Waals surface area contributed by atoms with Crippen LogP contribution < -0.4 is 15.8 Å². The maximum Gasteiger partial charge on any atom is 0.235 e. The van der Waals surface area contributed by atoms with Crippen LogP contribution in [0.15, 0.2) is 60.7 Å². The Morgan fingerprint density at radius 1 is 1.14 bits per heavy atom. The second-order valence-electron chi connectivity index (χ2n) is 6.11. The molecule has 6 nitrogen and oxygen atoms in total. The fourth-order valence-corrected chi connectivity index (χ4v) is 2.78. The number of nitrogens with one attached hydrogen (secondary N) is 1. The highest BCUT2D eigenvalue weighted by atomic mass is 16.5. The Kier molecular flexibility index (Phi) is 5.87. The maximum atomic E-state index is 12.4. The van der Waals surface area contributed by atoms with E-state index in [2.05, 4.69) is 10.3 Å². The fourth-order valence-electron chi connectivity index (χ4n) is 2.78. The summed E-state index contributed by atoms with van der Waals surface area (Å²) in [6.45, 7) is 2.12. The van der Waals surface area contributed by atoms with Crippen LogP contribution >= 0.6 is 0 Å². The molecule has 0 aliphatic carbocycles. The average Bonchev–Trinajstić information content (AvgIpc) is 2.69. The zero-order valence-electron chi connectivity index (χ0n) is 15.5. The maximum absolute atomic E-state index is 12.4. The van der Waals surface area contributed by atoms with Gasteiger partial charge in [0, 0.05) is 6.07 Å². The van der Waals surface area contributed by atoms with Gasteiger partial charge in [-0.25, -0.2) is 0 Å². The van der Waals surface area contributed by atoms with E-state index in [1.807, 2.05) is 60.7 Å². The zero-order chi connectivity index (χ0) is 19.9. The summed E-state index contributed by atoms with van der Waals surface area (Å²) in [6, 6.07) is 21.3. The van der Waals surface area contributed by atoms with E-state index in [0.717, 1.165) is 16.7 Å². The van der Waals surface area contributed by atoms with Crippen molar-refractivity contribution < 1.29 is 9.53 Å². The average molecular weight is 372 g/mol. The van der Waals surface area contributed by atoms with Gasteiger partial charge in [0.2, 0.25) is 11.8 Å². The Morgan fingerprint density at radius 3 is 2.46 bits per heavy atom. The first-order valence-electron chi connectivity index (χ1n) is 8.88. The minimum Gasteiger partial charge on any atom is -0.477 e. The van der Waals surface area contributed by atoms with Crippen molar-refractivity contribution in [3.8, 4) is 23.1 Å². The van der Waals surface area contributed by atoms with Crippen molar-refractivity contribution >= 4 is 17.4 Å². The van der Waals surface area contributed by atoms with Crippen LogP contribution in [0.2, 0.25) is 0 Å². The van der Waals surface area contributed by atoms with Gasteiger partial charge in [-0.1, -0.05) is 54.6 Å². The lowest BCUT2D eigenvalue weighted by atomic mass is 10.0. The number of nitrogens with zero attached hydrogens (tertiary/aromatic N) is 2. The van der Waals surface area contributed by atoms with E-state index in [9.17, 15) is 4.79 Å². The number of nitrogen functional groups attached to an aromatic ring is 1. The van der Waals surface area contributed by atoms with Gasteiger partial charge >= 0.3 is 0 Å². The van der Waals surface area contributed by atoms with Crippen molar-refractivity contribution in [2.75, 3.05) is 17.7 Å². The molecule has 0 aliphatic heterocycles. The molecule has 3 rings (SSSR count). The highest BCUT2D eigenvalue weighted by Gasteiger charge is 2.13. The Bertz CT molecular complexity index is 1010. The lowest BCUT2D eigenvalue weighted by molar-refractivity contribution is -0.115. The third-order valence-corrected chi connectivity index (χ3v) is 4.10. The van der Waals surface area contributed by atoms with E-state index >= 15 is 0 Å². The molecule has 1 heterocycles. The lowest BCUT2D eigenvalue weighted by Crippen LogP contribution is -2.16. The normalized spacial score (nSPS) is 10.1. The SMILES string of the molecule is CCOc1nc(NC(=O)Cc2ccc(-c3ccccc3)cc2)cc(N)c1C#N. The van der Waals surface area contributed by atoms with E-state index in [1.54, 1.807) is 6.92 Å². The number of carbonyl (C=O) groups is 1. The molecule has 28 heavy (non-hydrogen) atoms. The molecule has 3 aromatic rings. The van der Waals surface area contributed by atoms with Crippen LogP contribution in [0, 0.1) is 11.3 Å². The number of ether oxygens (including phenoxy) is 1. The minimum absolute atomic E-state index is 0.118. The second-order valence-corrected chi connectivity index (χ2v) is 6.11. The molecular formula is C22H20N4O2. The van der Waals surface area contributed by atoms with Gasteiger partial charge in [-0.05, 0) is 23.6 Å². The predicted molar refractivity (Wildman–Crippen MR) is 109 cm³/mol. The summed E-state index contributed by atoms with van der Waals surface area (Å²) < 4.78 is 5.34. The number of nitrogens with two attached hydrogens (primary N) is 1. The van der Waals surface area contributed by atoms with E-state index in [0.29, 0.717) is 6.61 Å². The first kappa shape index (κ1) is 18.9. The molecule has 3 N–H and O–H groups in total. The van der Waals surface area contributed by atoms with E-state index in [-0.39, 0.29) is 35.3 Å². The predicted octanol–water partition coefficient (Wildman–Crippen LogP) is 3.78. The van der Waals surface area contributed by atoms with Crippen molar-refractivity contribution in [3.63, 3.8) is 0 Å². The lowest BCUT2D eigenvalue weighted by Gasteiger charge is -2.11. The van der Waals surface area contributed by atoms with E-state index in [1.165, 1.54) is 6.07 Å². The molecule has 1 aromatic heterocycles. The molecule has 0 saturated heterocycles. The van der Waals surface area contributed by atoms with Crippen LogP contribution in [-0.2, 0) is 11.2 Å². The van der Waals surface area contributed by atoms with Crippen LogP contribution in [0.4, 0.5) is 11.5 Å². The highest BCUT2D eigenvalue weighted by Crippen LogP contribution is 2.25. The number of rotatable bonds is 6. The van der Waals surface area contributed by atoms with E-state index < -0.39 is 0 Å². The van der Waals surface area contributed by atoms with E-state index in [4.69, 9.17) is 15.7 Å². The van der Waals surface area contributed by atoms with Gasteiger partial charge < -0.3 is 15.8 Å². The summed E-state index contributed by atoms with van der Waals surface area (Å²) in [5.74, 6) is 0.143. The number of pyridine rings is 1. The molecule has 0 saturated carbocycles. The van der Waals surface area contributed by atoms with Gasteiger partial charge in [0.05, 0.1) is 18.7 Å². The van der Waals surface area contributed by atoms with Crippen molar-refractivity contribution in [1.29, 1.82) is 5.26 Å². The molecule has 140 valence electrons. The number of benzene rings is 2. The number of anilines is 2. The van der Waals surface area contributed by atoms with Gasteiger partial charge in [-0.2, -0.15) is 10.2 Å². The number of hydrogen-bond acceptors (Lipinski definition) is 5. The molecule has 2 aromatic carbocycles. The van der Waals surface area contributed by atoms with Crippen LogP contribution in [-0.4, -0.2) is 17.5 Å². The highest BCUT2D eigenvalue weighted by molar-refractivity contribution is 5.92. The van der Waals surface area contributed by atoms with Gasteiger partial charge in [0.15, 0.2) is 0 Å². The summed E-state index contributed by atoms with van der Waals surface area (Å²) >= 11 is 0.